The van der Waals surface area contributed by atoms with Crippen molar-refractivity contribution in [2.75, 3.05) is 26.8 Å². The Balaban J connectivity index is 1.29. The molecule has 144 valence electrons. The monoisotopic (exact) mass is 387 g/mol. The molecule has 0 aromatic carbocycles. The van der Waals surface area contributed by atoms with E-state index in [1.807, 2.05) is 23.6 Å². The van der Waals surface area contributed by atoms with Gasteiger partial charge in [0.25, 0.3) is 5.91 Å². The summed E-state index contributed by atoms with van der Waals surface area (Å²) in [5.74, 6) is 0.711. The Hall–Kier alpha value is -1.96. The number of aromatic nitrogens is 1. The molecule has 4 heterocycles. The minimum Gasteiger partial charge on any atom is -0.481 e. The molecule has 2 aromatic rings. The maximum Gasteiger partial charge on any atom is 0.261 e. The third-order valence-corrected chi connectivity index (χ3v) is 6.36. The van der Waals surface area contributed by atoms with Gasteiger partial charge in [-0.2, -0.15) is 0 Å². The topological polar surface area (TPSA) is 63.7 Å². The van der Waals surface area contributed by atoms with Gasteiger partial charge in [-0.1, -0.05) is 12.1 Å². The van der Waals surface area contributed by atoms with Crippen molar-refractivity contribution in [2.24, 2.45) is 0 Å². The third kappa shape index (κ3) is 4.15. The predicted molar refractivity (Wildman–Crippen MR) is 104 cm³/mol. The molecule has 1 amide bonds. The summed E-state index contributed by atoms with van der Waals surface area (Å²) < 4.78 is 11.5. The van der Waals surface area contributed by atoms with E-state index in [2.05, 4.69) is 21.3 Å². The van der Waals surface area contributed by atoms with Crippen molar-refractivity contribution in [3.63, 3.8) is 0 Å². The highest BCUT2D eigenvalue weighted by Crippen LogP contribution is 2.36. The van der Waals surface area contributed by atoms with Crippen LogP contribution in [0.4, 0.5) is 0 Å². The van der Waals surface area contributed by atoms with Gasteiger partial charge >= 0.3 is 0 Å². The van der Waals surface area contributed by atoms with E-state index in [1.165, 1.54) is 11.3 Å². The van der Waals surface area contributed by atoms with E-state index in [9.17, 15) is 4.79 Å². The highest BCUT2D eigenvalue weighted by Gasteiger charge is 2.43. The van der Waals surface area contributed by atoms with Crippen molar-refractivity contribution in [2.45, 2.75) is 37.5 Å². The number of nitrogens with zero attached hydrogens (tertiary/aromatic N) is 2. The first-order valence-electron chi connectivity index (χ1n) is 9.36. The molecule has 0 aliphatic carbocycles. The lowest BCUT2D eigenvalue weighted by Crippen LogP contribution is -2.44. The van der Waals surface area contributed by atoms with E-state index in [0.717, 1.165) is 49.3 Å². The summed E-state index contributed by atoms with van der Waals surface area (Å²) >= 11 is 1.47. The lowest BCUT2D eigenvalue weighted by molar-refractivity contribution is -0.0450. The number of pyridine rings is 1. The van der Waals surface area contributed by atoms with Gasteiger partial charge in [0.05, 0.1) is 30.2 Å². The van der Waals surface area contributed by atoms with Gasteiger partial charge in [0.15, 0.2) is 0 Å². The van der Waals surface area contributed by atoms with E-state index in [4.69, 9.17) is 9.47 Å². The van der Waals surface area contributed by atoms with Crippen LogP contribution in [-0.2, 0) is 11.3 Å². The highest BCUT2D eigenvalue weighted by atomic mass is 32.1. The lowest BCUT2D eigenvalue weighted by Gasteiger charge is -2.38. The third-order valence-electron chi connectivity index (χ3n) is 5.49. The summed E-state index contributed by atoms with van der Waals surface area (Å²) in [7, 11) is 1.66. The molecule has 2 aromatic heterocycles. The van der Waals surface area contributed by atoms with Crippen LogP contribution in [0.25, 0.3) is 0 Å². The lowest BCUT2D eigenvalue weighted by atomic mass is 9.87. The second-order valence-corrected chi connectivity index (χ2v) is 8.24. The zero-order chi connectivity index (χ0) is 18.7. The molecular weight excluding hydrogens is 362 g/mol. The molecule has 4 rings (SSSR count). The number of methoxy groups -OCH3 is 1. The second-order valence-electron chi connectivity index (χ2n) is 7.29. The molecule has 2 saturated heterocycles. The van der Waals surface area contributed by atoms with Gasteiger partial charge in [0, 0.05) is 31.4 Å². The van der Waals surface area contributed by atoms with Crippen molar-refractivity contribution in [1.29, 1.82) is 0 Å². The van der Waals surface area contributed by atoms with Crippen molar-refractivity contribution in [3.05, 3.63) is 46.3 Å². The maximum absolute atomic E-state index is 12.3. The molecule has 7 heteroatoms. The largest absolute Gasteiger partial charge is 0.481 e. The van der Waals surface area contributed by atoms with Crippen LogP contribution in [0.2, 0.25) is 0 Å². The van der Waals surface area contributed by atoms with E-state index in [0.29, 0.717) is 12.5 Å². The number of hydrogen-bond donors (Lipinski definition) is 1. The number of hydrogen-bond acceptors (Lipinski definition) is 6. The van der Waals surface area contributed by atoms with Gasteiger partial charge in [-0.25, -0.2) is 4.98 Å². The molecule has 2 fully saturated rings. The minimum atomic E-state index is -0.0943. The molecular formula is C20H25N3O3S. The fourth-order valence-electron chi connectivity index (χ4n) is 4.04. The zero-order valence-corrected chi connectivity index (χ0v) is 16.3. The van der Waals surface area contributed by atoms with Crippen molar-refractivity contribution in [3.8, 4) is 5.88 Å². The summed E-state index contributed by atoms with van der Waals surface area (Å²) in [6, 6.07) is 7.88. The zero-order valence-electron chi connectivity index (χ0n) is 15.5. The molecule has 1 atom stereocenters. The molecule has 1 N–H and O–H groups in total. The average Bonchev–Trinajstić information content (AvgIpc) is 3.35. The van der Waals surface area contributed by atoms with Crippen LogP contribution in [0, 0.1) is 0 Å². The number of thiophene rings is 1. The number of likely N-dealkylation sites (tertiary alicyclic amines) is 1. The Kier molecular flexibility index (Phi) is 5.43. The van der Waals surface area contributed by atoms with E-state index >= 15 is 0 Å². The fourth-order valence-corrected chi connectivity index (χ4v) is 4.66. The summed E-state index contributed by atoms with van der Waals surface area (Å²) in [6.07, 6.45) is 4.63. The van der Waals surface area contributed by atoms with Crippen LogP contribution in [0.15, 0.2) is 35.8 Å². The second kappa shape index (κ2) is 7.96. The fraction of sp³-hybridized carbons (Fsp3) is 0.500. The van der Waals surface area contributed by atoms with Gasteiger partial charge in [0.2, 0.25) is 5.88 Å². The molecule has 0 radical (unpaired) electrons. The number of piperidine rings is 1. The molecule has 0 saturated carbocycles. The average molecular weight is 388 g/mol. The Morgan fingerprint density at radius 3 is 3.00 bits per heavy atom. The van der Waals surface area contributed by atoms with Gasteiger partial charge in [0.1, 0.15) is 0 Å². The normalized spacial score (nSPS) is 22.0. The number of carbonyl (C=O) groups is 1. The summed E-state index contributed by atoms with van der Waals surface area (Å²) in [5.41, 5.74) is 1.02. The predicted octanol–water partition coefficient (Wildman–Crippen LogP) is 2.71. The quantitative estimate of drug-likeness (QED) is 0.855. The summed E-state index contributed by atoms with van der Waals surface area (Å²) in [4.78, 5) is 19.7. The summed E-state index contributed by atoms with van der Waals surface area (Å²) in [5, 5.41) is 5.05. The molecule has 1 spiro atoms. The highest BCUT2D eigenvalue weighted by molar-refractivity contribution is 7.12. The van der Waals surface area contributed by atoms with Gasteiger partial charge in [-0.3, -0.25) is 9.69 Å². The molecule has 6 nitrogen and oxygen atoms in total. The van der Waals surface area contributed by atoms with Crippen molar-refractivity contribution < 1.29 is 14.3 Å². The van der Waals surface area contributed by atoms with Crippen LogP contribution in [0.3, 0.4) is 0 Å². The van der Waals surface area contributed by atoms with Gasteiger partial charge in [-0.15, -0.1) is 11.3 Å². The van der Waals surface area contributed by atoms with E-state index in [1.54, 1.807) is 13.3 Å². The van der Waals surface area contributed by atoms with Crippen LogP contribution >= 0.6 is 11.3 Å². The Labute approximate surface area is 163 Å². The number of nitrogens with one attached hydrogen (secondary N) is 1. The number of rotatable bonds is 5. The van der Waals surface area contributed by atoms with Crippen molar-refractivity contribution in [1.82, 2.24) is 15.2 Å². The smallest absolute Gasteiger partial charge is 0.261 e. The number of ether oxygens (including phenoxy) is 2. The Morgan fingerprint density at radius 2 is 2.26 bits per heavy atom. The number of carbonyl (C=O) groups excluding carboxylic acids is 1. The van der Waals surface area contributed by atoms with E-state index in [-0.39, 0.29) is 17.6 Å². The maximum atomic E-state index is 12.3. The first-order chi connectivity index (χ1) is 13.2. The standard InChI is InChI=1S/C20H25N3O3S/c1-25-19-15(4-2-8-21-19)13-23-9-6-20(7-10-23)12-16(14-26-20)22-18(24)17-5-3-11-27-17/h2-5,8,11,16H,6-7,9-10,12-14H2,1H3,(H,22,24)/t16-/m0/s1. The molecule has 0 bridgehead atoms. The summed E-state index contributed by atoms with van der Waals surface area (Å²) in [6.45, 7) is 3.40. The number of amides is 1. The van der Waals surface area contributed by atoms with Crippen LogP contribution < -0.4 is 10.1 Å². The SMILES string of the molecule is COc1ncccc1CN1CCC2(CC1)C[C@H](NC(=O)c1cccs1)CO2. The molecule has 2 aliphatic rings. The molecule has 27 heavy (non-hydrogen) atoms. The van der Waals surface area contributed by atoms with Crippen LogP contribution in [0.1, 0.15) is 34.5 Å². The molecule has 2 aliphatic heterocycles. The Bertz CT molecular complexity index is 773. The van der Waals surface area contributed by atoms with Gasteiger partial charge in [-0.05, 0) is 36.8 Å². The van der Waals surface area contributed by atoms with E-state index < -0.39 is 0 Å². The first kappa shape index (κ1) is 18.4. The molecule has 0 unspecified atom stereocenters. The van der Waals surface area contributed by atoms with Crippen molar-refractivity contribution >= 4 is 17.2 Å². The van der Waals surface area contributed by atoms with Crippen LogP contribution in [-0.4, -0.2) is 54.2 Å². The first-order valence-corrected chi connectivity index (χ1v) is 10.2. The Morgan fingerprint density at radius 1 is 1.41 bits per heavy atom. The van der Waals surface area contributed by atoms with Crippen LogP contribution in [0.5, 0.6) is 5.88 Å². The van der Waals surface area contributed by atoms with Gasteiger partial charge < -0.3 is 14.8 Å². The minimum absolute atomic E-state index is 0.0109.